The Morgan fingerprint density at radius 2 is 1.53 bits per heavy atom. The molecule has 0 fully saturated rings. The summed E-state index contributed by atoms with van der Waals surface area (Å²) in [6.07, 6.45) is 3.85. The molecule has 0 aliphatic heterocycles. The van der Waals surface area contributed by atoms with Crippen LogP contribution in [0.2, 0.25) is 0 Å². The van der Waals surface area contributed by atoms with E-state index in [2.05, 4.69) is 101 Å². The van der Waals surface area contributed by atoms with Crippen LogP contribution >= 0.6 is 0 Å². The topological polar surface area (TPSA) is 46.0 Å². The third-order valence-corrected chi connectivity index (χ3v) is 7.66. The van der Waals surface area contributed by atoms with Crippen LogP contribution in [0.1, 0.15) is 11.1 Å². The molecule has 4 aromatic carbocycles. The van der Waals surface area contributed by atoms with Gasteiger partial charge in [0.1, 0.15) is 5.65 Å². The molecular weight excluding hydrogens is 440 g/mol. The van der Waals surface area contributed by atoms with Crippen LogP contribution in [0.3, 0.4) is 0 Å². The number of fused-ring (bicyclic) bond motifs is 12. The van der Waals surface area contributed by atoms with Crippen LogP contribution in [0.4, 0.5) is 0 Å². The molecule has 4 aromatic heterocycles. The molecule has 36 heavy (non-hydrogen) atoms. The fourth-order valence-electron chi connectivity index (χ4n) is 5.98. The number of benzene rings is 4. The fourth-order valence-corrected chi connectivity index (χ4v) is 5.98. The number of pyridine rings is 2. The van der Waals surface area contributed by atoms with Gasteiger partial charge in [-0.2, -0.15) is 0 Å². The lowest BCUT2D eigenvalue weighted by Gasteiger charge is -2.10. The van der Waals surface area contributed by atoms with E-state index in [-0.39, 0.29) is 0 Å². The van der Waals surface area contributed by atoms with E-state index in [1.165, 1.54) is 38.4 Å². The molecule has 4 heteroatoms. The highest BCUT2D eigenvalue weighted by atomic mass is 15.0. The number of aromatic amines is 1. The van der Waals surface area contributed by atoms with Crippen LogP contribution < -0.4 is 0 Å². The van der Waals surface area contributed by atoms with Crippen molar-refractivity contribution in [2.75, 3.05) is 0 Å². The Labute approximate surface area is 206 Å². The summed E-state index contributed by atoms with van der Waals surface area (Å²) in [5.74, 6) is 0. The van der Waals surface area contributed by atoms with Gasteiger partial charge in [-0.05, 0) is 72.5 Å². The van der Waals surface area contributed by atoms with E-state index in [0.717, 1.165) is 44.0 Å². The molecule has 0 amide bonds. The SMILES string of the molecule is Cc1ccccc1-c1cc2[nH]c3c(ccc4c3c3cnccc3n3c5ccccc5nc43)c2cc1C. The number of para-hydroxylation sites is 2. The highest BCUT2D eigenvalue weighted by molar-refractivity contribution is 6.27. The first-order valence-corrected chi connectivity index (χ1v) is 12.3. The van der Waals surface area contributed by atoms with Crippen molar-refractivity contribution in [3.8, 4) is 11.1 Å². The zero-order valence-corrected chi connectivity index (χ0v) is 20.0. The van der Waals surface area contributed by atoms with Gasteiger partial charge in [-0.3, -0.25) is 9.38 Å². The quantitative estimate of drug-likeness (QED) is 0.250. The second kappa shape index (κ2) is 6.92. The van der Waals surface area contributed by atoms with Crippen molar-refractivity contribution >= 4 is 60.2 Å². The lowest BCUT2D eigenvalue weighted by Crippen LogP contribution is -1.92. The van der Waals surface area contributed by atoms with Gasteiger partial charge in [0.25, 0.3) is 0 Å². The number of nitrogens with zero attached hydrogens (tertiary/aromatic N) is 3. The fraction of sp³-hybridized carbons (Fsp3) is 0.0625. The molecule has 0 unspecified atom stereocenters. The van der Waals surface area contributed by atoms with E-state index in [1.54, 1.807) is 0 Å². The number of aromatic nitrogens is 4. The number of rotatable bonds is 1. The summed E-state index contributed by atoms with van der Waals surface area (Å²) in [4.78, 5) is 13.4. The molecule has 0 atom stereocenters. The van der Waals surface area contributed by atoms with Crippen molar-refractivity contribution in [1.82, 2.24) is 19.4 Å². The van der Waals surface area contributed by atoms with Crippen LogP contribution in [0.5, 0.6) is 0 Å². The molecule has 4 heterocycles. The van der Waals surface area contributed by atoms with Crippen LogP contribution in [-0.4, -0.2) is 19.4 Å². The maximum absolute atomic E-state index is 5.06. The Kier molecular flexibility index (Phi) is 3.77. The van der Waals surface area contributed by atoms with Crippen molar-refractivity contribution in [3.05, 3.63) is 102 Å². The lowest BCUT2D eigenvalue weighted by molar-refractivity contribution is 1.28. The number of hydrogen-bond acceptors (Lipinski definition) is 2. The Bertz CT molecular complexity index is 2180. The molecule has 8 aromatic rings. The van der Waals surface area contributed by atoms with Crippen molar-refractivity contribution < 1.29 is 0 Å². The zero-order chi connectivity index (χ0) is 24.0. The average molecular weight is 463 g/mol. The first kappa shape index (κ1) is 19.6. The summed E-state index contributed by atoms with van der Waals surface area (Å²) in [6.45, 7) is 4.39. The normalized spacial score (nSPS) is 12.2. The molecule has 0 saturated heterocycles. The smallest absolute Gasteiger partial charge is 0.146 e. The van der Waals surface area contributed by atoms with Gasteiger partial charge >= 0.3 is 0 Å². The Morgan fingerprint density at radius 1 is 0.694 bits per heavy atom. The standard InChI is InChI=1S/C32H22N4/c1-18-7-3-4-8-20(18)23-16-27-24(15-19(23)2)21-11-12-22-30(31(21)34-27)25-17-33-14-13-28(25)36-29-10-6-5-9-26(29)35-32(22)36/h3-17,34H,1-2H3. The van der Waals surface area contributed by atoms with Gasteiger partial charge in [0.05, 0.1) is 22.1 Å². The van der Waals surface area contributed by atoms with Gasteiger partial charge in [0.15, 0.2) is 0 Å². The van der Waals surface area contributed by atoms with Crippen molar-refractivity contribution in [2.24, 2.45) is 0 Å². The first-order valence-electron chi connectivity index (χ1n) is 12.3. The van der Waals surface area contributed by atoms with Crippen LogP contribution in [0, 0.1) is 13.8 Å². The molecule has 0 radical (unpaired) electrons. The highest BCUT2D eigenvalue weighted by Crippen LogP contribution is 2.40. The molecule has 8 rings (SSSR count). The molecule has 0 aliphatic rings. The number of nitrogens with one attached hydrogen (secondary N) is 1. The molecule has 170 valence electrons. The number of H-pyrrole nitrogens is 1. The van der Waals surface area contributed by atoms with Crippen LogP contribution in [0.25, 0.3) is 71.3 Å². The van der Waals surface area contributed by atoms with Crippen LogP contribution in [-0.2, 0) is 0 Å². The predicted molar refractivity (Wildman–Crippen MR) is 150 cm³/mol. The van der Waals surface area contributed by atoms with E-state index in [4.69, 9.17) is 4.98 Å². The first-order chi connectivity index (χ1) is 17.7. The molecule has 0 spiro atoms. The highest BCUT2D eigenvalue weighted by Gasteiger charge is 2.18. The summed E-state index contributed by atoms with van der Waals surface area (Å²) >= 11 is 0. The average Bonchev–Trinajstić information content (AvgIpc) is 3.47. The van der Waals surface area contributed by atoms with Crippen molar-refractivity contribution in [2.45, 2.75) is 13.8 Å². The van der Waals surface area contributed by atoms with Gasteiger partial charge in [0, 0.05) is 44.8 Å². The number of hydrogen-bond donors (Lipinski definition) is 1. The van der Waals surface area contributed by atoms with Crippen LogP contribution in [0.15, 0.2) is 91.3 Å². The molecule has 0 aliphatic carbocycles. The lowest BCUT2D eigenvalue weighted by atomic mass is 9.95. The summed E-state index contributed by atoms with van der Waals surface area (Å²) in [6, 6.07) is 28.1. The van der Waals surface area contributed by atoms with Gasteiger partial charge < -0.3 is 4.98 Å². The van der Waals surface area contributed by atoms with E-state index in [0.29, 0.717) is 0 Å². The van der Waals surface area contributed by atoms with Crippen molar-refractivity contribution in [3.63, 3.8) is 0 Å². The Balaban J connectivity index is 1.55. The predicted octanol–water partition coefficient (Wildman–Crippen LogP) is 8.11. The maximum atomic E-state index is 5.06. The van der Waals surface area contributed by atoms with E-state index in [1.807, 2.05) is 18.5 Å². The van der Waals surface area contributed by atoms with Gasteiger partial charge in [-0.25, -0.2) is 4.98 Å². The van der Waals surface area contributed by atoms with E-state index >= 15 is 0 Å². The monoisotopic (exact) mass is 462 g/mol. The van der Waals surface area contributed by atoms with Gasteiger partial charge in [-0.1, -0.05) is 42.5 Å². The zero-order valence-electron chi connectivity index (χ0n) is 20.0. The summed E-state index contributed by atoms with van der Waals surface area (Å²) < 4.78 is 2.27. The van der Waals surface area contributed by atoms with Gasteiger partial charge in [0.2, 0.25) is 0 Å². The minimum Gasteiger partial charge on any atom is -0.354 e. The second-order valence-corrected chi connectivity index (χ2v) is 9.72. The third-order valence-electron chi connectivity index (χ3n) is 7.66. The van der Waals surface area contributed by atoms with E-state index < -0.39 is 0 Å². The number of imidazole rings is 1. The number of aryl methyl sites for hydroxylation is 2. The Hall–Kier alpha value is -4.70. The largest absolute Gasteiger partial charge is 0.354 e. The molecule has 1 N–H and O–H groups in total. The third kappa shape index (κ3) is 2.48. The van der Waals surface area contributed by atoms with Crippen molar-refractivity contribution in [1.29, 1.82) is 0 Å². The summed E-state index contributed by atoms with van der Waals surface area (Å²) in [5, 5.41) is 5.89. The van der Waals surface area contributed by atoms with Gasteiger partial charge in [-0.15, -0.1) is 0 Å². The molecule has 0 saturated carbocycles. The summed E-state index contributed by atoms with van der Waals surface area (Å²) in [7, 11) is 0. The second-order valence-electron chi connectivity index (χ2n) is 9.72. The molecule has 4 nitrogen and oxygen atoms in total. The minimum atomic E-state index is 0.974. The van der Waals surface area contributed by atoms with E-state index in [9.17, 15) is 0 Å². The molecular formula is C32H22N4. The maximum Gasteiger partial charge on any atom is 0.146 e. The summed E-state index contributed by atoms with van der Waals surface area (Å²) in [5.41, 5.74) is 11.6. The Morgan fingerprint density at radius 3 is 2.44 bits per heavy atom. The minimum absolute atomic E-state index is 0.974. The molecule has 0 bridgehead atoms.